The van der Waals surface area contributed by atoms with E-state index in [1.54, 1.807) is 0 Å². The highest BCUT2D eigenvalue weighted by Gasteiger charge is 2.51. The van der Waals surface area contributed by atoms with Gasteiger partial charge in [0.1, 0.15) is 22.3 Å². The van der Waals surface area contributed by atoms with E-state index in [2.05, 4.69) is 231 Å². The number of anilines is 3. The van der Waals surface area contributed by atoms with E-state index in [4.69, 9.17) is 8.83 Å². The van der Waals surface area contributed by atoms with Crippen molar-refractivity contribution in [1.29, 1.82) is 0 Å². The molecule has 0 bridgehead atoms. The smallest absolute Gasteiger partial charge is 0.136 e. The molecule has 0 amide bonds. The Morgan fingerprint density at radius 1 is 0.299 bits per heavy atom. The van der Waals surface area contributed by atoms with E-state index in [1.807, 2.05) is 0 Å². The second-order valence-electron chi connectivity index (χ2n) is 19.2. The maximum Gasteiger partial charge on any atom is 0.136 e. The van der Waals surface area contributed by atoms with E-state index >= 15 is 0 Å². The Labute approximate surface area is 387 Å². The van der Waals surface area contributed by atoms with Crippen LogP contribution in [0.4, 0.5) is 17.1 Å². The fourth-order valence-electron chi connectivity index (χ4n) is 12.5. The van der Waals surface area contributed by atoms with Crippen LogP contribution in [0.5, 0.6) is 0 Å². The Bertz CT molecular complexity index is 4030. The molecular weight excluding hydrogens is 815 g/mol. The quantitative estimate of drug-likeness (QED) is 0.177. The van der Waals surface area contributed by atoms with Crippen molar-refractivity contribution in [3.05, 3.63) is 246 Å². The summed E-state index contributed by atoms with van der Waals surface area (Å²) in [7, 11) is 0. The third-order valence-corrected chi connectivity index (χ3v) is 15.5. The van der Waals surface area contributed by atoms with Crippen molar-refractivity contribution >= 4 is 60.9 Å². The van der Waals surface area contributed by atoms with Gasteiger partial charge in [-0.1, -0.05) is 159 Å². The molecule has 2 aromatic heterocycles. The molecule has 0 fully saturated rings. The number of rotatable bonds is 4. The van der Waals surface area contributed by atoms with Gasteiger partial charge in [-0.2, -0.15) is 0 Å². The van der Waals surface area contributed by atoms with Crippen molar-refractivity contribution in [2.75, 3.05) is 4.90 Å². The number of hydrogen-bond acceptors (Lipinski definition) is 3. The van der Waals surface area contributed by atoms with Gasteiger partial charge in [-0.3, -0.25) is 0 Å². The summed E-state index contributed by atoms with van der Waals surface area (Å²) >= 11 is 0. The highest BCUT2D eigenvalue weighted by molar-refractivity contribution is 6.16. The molecule has 3 aliphatic carbocycles. The molecule has 0 saturated heterocycles. The van der Waals surface area contributed by atoms with Crippen molar-refractivity contribution in [2.24, 2.45) is 0 Å². The first-order chi connectivity index (χ1) is 32.9. The second-order valence-corrected chi connectivity index (χ2v) is 19.2. The zero-order chi connectivity index (χ0) is 44.2. The molecule has 3 nitrogen and oxygen atoms in total. The van der Waals surface area contributed by atoms with Crippen LogP contribution < -0.4 is 4.90 Å². The summed E-state index contributed by atoms with van der Waals surface area (Å²) in [5.74, 6) is 0. The van der Waals surface area contributed by atoms with Crippen LogP contribution in [0.25, 0.3) is 88.4 Å². The lowest BCUT2D eigenvalue weighted by molar-refractivity contribution is 0.660. The minimum Gasteiger partial charge on any atom is -0.456 e. The number of benzene rings is 10. The lowest BCUT2D eigenvalue weighted by Gasteiger charge is -2.32. The molecule has 3 heteroatoms. The minimum absolute atomic E-state index is 0.168. The fourth-order valence-corrected chi connectivity index (χ4v) is 12.5. The normalized spacial score (nSPS) is 14.4. The first-order valence-electron chi connectivity index (χ1n) is 23.3. The first kappa shape index (κ1) is 36.9. The SMILES string of the molecule is CC1(C)c2ccccc2-c2ccc(N(c3ccc4c(c3)C3(c5ccccc5-c5ccccc53)c3ccccc3-4)c3ccc4oc5cc6c(cc5c4c3)oc3ccc(-c4ccccc4)cc36)cc21. The van der Waals surface area contributed by atoms with E-state index in [9.17, 15) is 0 Å². The van der Waals surface area contributed by atoms with Gasteiger partial charge in [-0.05, 0) is 145 Å². The molecule has 0 saturated carbocycles. The van der Waals surface area contributed by atoms with Crippen molar-refractivity contribution in [1.82, 2.24) is 0 Å². The average molecular weight is 856 g/mol. The summed E-state index contributed by atoms with van der Waals surface area (Å²) in [6.07, 6.45) is 0. The molecule has 15 rings (SSSR count). The Morgan fingerprint density at radius 2 is 0.716 bits per heavy atom. The second kappa shape index (κ2) is 13.1. The molecule has 0 unspecified atom stereocenters. The van der Waals surface area contributed by atoms with E-state index in [1.165, 1.54) is 72.3 Å². The molecule has 0 radical (unpaired) electrons. The van der Waals surface area contributed by atoms with Crippen LogP contribution in [0.1, 0.15) is 47.2 Å². The Morgan fingerprint density at radius 3 is 1.31 bits per heavy atom. The summed E-state index contributed by atoms with van der Waals surface area (Å²) in [6.45, 7) is 4.73. The minimum atomic E-state index is -0.465. The molecule has 0 N–H and O–H groups in total. The summed E-state index contributed by atoms with van der Waals surface area (Å²) in [5, 5.41) is 4.20. The number of nitrogens with zero attached hydrogens (tertiary/aromatic N) is 1. The lowest BCUT2D eigenvalue weighted by atomic mass is 9.70. The van der Waals surface area contributed by atoms with Crippen LogP contribution in [0.2, 0.25) is 0 Å². The van der Waals surface area contributed by atoms with E-state index < -0.39 is 5.41 Å². The van der Waals surface area contributed by atoms with Gasteiger partial charge in [0, 0.05) is 44.0 Å². The zero-order valence-electron chi connectivity index (χ0n) is 37.0. The summed E-state index contributed by atoms with van der Waals surface area (Å²) < 4.78 is 13.3. The van der Waals surface area contributed by atoms with Crippen LogP contribution in [-0.2, 0) is 10.8 Å². The van der Waals surface area contributed by atoms with Crippen LogP contribution in [0.15, 0.2) is 221 Å². The molecule has 0 aliphatic heterocycles. The highest BCUT2D eigenvalue weighted by atomic mass is 16.3. The van der Waals surface area contributed by atoms with Gasteiger partial charge in [0.15, 0.2) is 0 Å². The summed E-state index contributed by atoms with van der Waals surface area (Å²) in [6, 6.07) is 78.3. The Balaban J connectivity index is 0.956. The van der Waals surface area contributed by atoms with Crippen LogP contribution >= 0.6 is 0 Å². The molecule has 3 aliphatic rings. The first-order valence-corrected chi connectivity index (χ1v) is 23.3. The zero-order valence-corrected chi connectivity index (χ0v) is 37.0. The molecule has 12 aromatic rings. The summed E-state index contributed by atoms with van der Waals surface area (Å²) in [5.41, 5.74) is 24.2. The third kappa shape index (κ3) is 4.85. The van der Waals surface area contributed by atoms with Gasteiger partial charge in [-0.25, -0.2) is 0 Å². The molecule has 0 atom stereocenters. The third-order valence-electron chi connectivity index (χ3n) is 15.5. The number of hydrogen-bond donors (Lipinski definition) is 0. The Hall–Kier alpha value is -8.40. The average Bonchev–Trinajstić information content (AvgIpc) is 4.14. The van der Waals surface area contributed by atoms with E-state index in [0.29, 0.717) is 0 Å². The maximum atomic E-state index is 6.73. The molecular formula is C64H41NO2. The van der Waals surface area contributed by atoms with Gasteiger partial charge < -0.3 is 13.7 Å². The van der Waals surface area contributed by atoms with Crippen molar-refractivity contribution in [3.63, 3.8) is 0 Å². The van der Waals surface area contributed by atoms with Crippen LogP contribution in [0.3, 0.4) is 0 Å². The Kier molecular flexibility index (Phi) is 7.22. The van der Waals surface area contributed by atoms with E-state index in [-0.39, 0.29) is 5.41 Å². The molecule has 67 heavy (non-hydrogen) atoms. The standard InChI is InChI=1S/C64H41NO2/c1-63(2)53-20-10-6-16-43(53)47-28-25-41(34-57(47)63)65(42-26-29-48-46-19-9-13-23-56(46)64(58(48)35-42)54-21-11-7-17-44(54)45-18-8-12-22-55(45)64)40-27-31-60-50(33-40)52-37-61-51(36-62(52)67-60)49-32-39(24-30-59(49)66-61)38-14-4-3-5-15-38/h3-37H,1-2H3. The van der Waals surface area contributed by atoms with Crippen molar-refractivity contribution in [3.8, 4) is 44.5 Å². The highest BCUT2D eigenvalue weighted by Crippen LogP contribution is 2.63. The van der Waals surface area contributed by atoms with Gasteiger partial charge in [0.2, 0.25) is 0 Å². The van der Waals surface area contributed by atoms with Crippen molar-refractivity contribution in [2.45, 2.75) is 24.7 Å². The predicted molar refractivity (Wildman–Crippen MR) is 275 cm³/mol. The van der Waals surface area contributed by atoms with Gasteiger partial charge in [0.25, 0.3) is 0 Å². The largest absolute Gasteiger partial charge is 0.456 e. The van der Waals surface area contributed by atoms with Gasteiger partial charge in [-0.15, -0.1) is 0 Å². The number of fused-ring (bicyclic) bond motifs is 19. The summed E-state index contributed by atoms with van der Waals surface area (Å²) in [4.78, 5) is 2.46. The molecule has 2 heterocycles. The monoisotopic (exact) mass is 855 g/mol. The lowest BCUT2D eigenvalue weighted by Crippen LogP contribution is -2.26. The van der Waals surface area contributed by atoms with Gasteiger partial charge in [0.05, 0.1) is 5.41 Å². The van der Waals surface area contributed by atoms with Crippen LogP contribution in [0, 0.1) is 0 Å². The van der Waals surface area contributed by atoms with Crippen LogP contribution in [-0.4, -0.2) is 0 Å². The predicted octanol–water partition coefficient (Wildman–Crippen LogP) is 17.3. The maximum absolute atomic E-state index is 6.73. The fraction of sp³-hybridized carbons (Fsp3) is 0.0625. The molecule has 314 valence electrons. The van der Waals surface area contributed by atoms with E-state index in [0.717, 1.165) is 66.5 Å². The molecule has 10 aromatic carbocycles. The topological polar surface area (TPSA) is 29.5 Å². The van der Waals surface area contributed by atoms with Crippen molar-refractivity contribution < 1.29 is 8.83 Å². The van der Waals surface area contributed by atoms with Gasteiger partial charge >= 0.3 is 0 Å². The number of furan rings is 2. The molecule has 1 spiro atoms.